The lowest BCUT2D eigenvalue weighted by atomic mass is 10.1. The van der Waals surface area contributed by atoms with Crippen molar-refractivity contribution in [1.29, 1.82) is 0 Å². The van der Waals surface area contributed by atoms with Crippen LogP contribution in [0.5, 0.6) is 5.75 Å². The second-order valence-electron chi connectivity index (χ2n) is 6.29. The van der Waals surface area contributed by atoms with Gasteiger partial charge >= 0.3 is 0 Å². The Kier molecular flexibility index (Phi) is 5.03. The van der Waals surface area contributed by atoms with Gasteiger partial charge in [0, 0.05) is 11.3 Å². The summed E-state index contributed by atoms with van der Waals surface area (Å²) in [6.07, 6.45) is 0. The summed E-state index contributed by atoms with van der Waals surface area (Å²) in [6, 6.07) is 18.8. The van der Waals surface area contributed by atoms with Gasteiger partial charge in [0.15, 0.2) is 0 Å². The second-order valence-corrected chi connectivity index (χ2v) is 7.73. The molecule has 4 nitrogen and oxygen atoms in total. The van der Waals surface area contributed by atoms with E-state index in [2.05, 4.69) is 10.3 Å². The Bertz CT molecular complexity index is 1150. The van der Waals surface area contributed by atoms with E-state index in [9.17, 15) is 4.79 Å². The molecule has 0 saturated heterocycles. The number of fused-ring (bicyclic) bond motifs is 1. The van der Waals surface area contributed by atoms with Crippen molar-refractivity contribution in [3.8, 4) is 16.3 Å². The summed E-state index contributed by atoms with van der Waals surface area (Å²) in [4.78, 5) is 17.4. The van der Waals surface area contributed by atoms with Gasteiger partial charge in [0.25, 0.3) is 5.91 Å². The number of aryl methyl sites for hydroxylation is 1. The Labute approximate surface area is 171 Å². The predicted octanol–water partition coefficient (Wildman–Crippen LogP) is 6.19. The summed E-state index contributed by atoms with van der Waals surface area (Å²) in [5.74, 6) is 0.332. The molecule has 4 rings (SSSR count). The van der Waals surface area contributed by atoms with Gasteiger partial charge in [-0.25, -0.2) is 4.98 Å². The highest BCUT2D eigenvalue weighted by Gasteiger charge is 2.16. The topological polar surface area (TPSA) is 51.2 Å². The van der Waals surface area contributed by atoms with Crippen molar-refractivity contribution in [2.75, 3.05) is 12.4 Å². The average Bonchev–Trinajstić information content (AvgIpc) is 3.13. The van der Waals surface area contributed by atoms with E-state index < -0.39 is 0 Å². The standard InChI is InChI=1S/C22H17ClN2O2S/c1-13-6-5-7-15(20(13)27-2)21(26)24-14-10-11-17(23)16(12-14)22-25-18-8-3-4-9-19(18)28-22/h3-12H,1-2H3,(H,24,26). The number of para-hydroxylation sites is 2. The molecular formula is C22H17ClN2O2S. The molecule has 0 saturated carbocycles. The average molecular weight is 409 g/mol. The van der Waals surface area contributed by atoms with Crippen molar-refractivity contribution in [3.05, 3.63) is 76.8 Å². The number of rotatable bonds is 4. The molecule has 0 unspecified atom stereocenters. The minimum absolute atomic E-state index is 0.238. The number of benzene rings is 3. The Balaban J connectivity index is 1.68. The number of nitrogens with one attached hydrogen (secondary N) is 1. The van der Waals surface area contributed by atoms with Crippen LogP contribution in [-0.2, 0) is 0 Å². The molecule has 1 N–H and O–H groups in total. The molecule has 0 atom stereocenters. The number of thiazole rings is 1. The summed E-state index contributed by atoms with van der Waals surface area (Å²) < 4.78 is 6.48. The van der Waals surface area contributed by atoms with Crippen molar-refractivity contribution < 1.29 is 9.53 Å². The summed E-state index contributed by atoms with van der Waals surface area (Å²) in [7, 11) is 1.56. The molecule has 1 heterocycles. The van der Waals surface area contributed by atoms with E-state index in [0.717, 1.165) is 26.4 Å². The van der Waals surface area contributed by atoms with Crippen molar-refractivity contribution >= 4 is 44.7 Å². The number of amides is 1. The van der Waals surface area contributed by atoms with E-state index in [1.807, 2.05) is 49.4 Å². The largest absolute Gasteiger partial charge is 0.496 e. The zero-order valence-electron chi connectivity index (χ0n) is 15.3. The highest BCUT2D eigenvalue weighted by Crippen LogP contribution is 2.36. The number of aromatic nitrogens is 1. The lowest BCUT2D eigenvalue weighted by molar-refractivity contribution is 0.102. The van der Waals surface area contributed by atoms with Crippen LogP contribution in [-0.4, -0.2) is 18.0 Å². The molecule has 6 heteroatoms. The molecular weight excluding hydrogens is 392 g/mol. The van der Waals surface area contributed by atoms with Gasteiger partial charge in [-0.15, -0.1) is 11.3 Å². The Morgan fingerprint density at radius 2 is 1.93 bits per heavy atom. The molecule has 28 heavy (non-hydrogen) atoms. The quantitative estimate of drug-likeness (QED) is 0.438. The van der Waals surface area contributed by atoms with Crippen LogP contribution in [0, 0.1) is 6.92 Å². The molecule has 0 bridgehead atoms. The smallest absolute Gasteiger partial charge is 0.259 e. The molecule has 3 aromatic carbocycles. The first-order chi connectivity index (χ1) is 13.6. The number of ether oxygens (including phenoxy) is 1. The SMILES string of the molecule is COc1c(C)cccc1C(=O)Nc1ccc(Cl)c(-c2nc3ccccc3s2)c1. The normalized spacial score (nSPS) is 10.8. The van der Waals surface area contributed by atoms with Gasteiger partial charge in [-0.1, -0.05) is 35.9 Å². The van der Waals surface area contributed by atoms with Crippen LogP contribution in [0.3, 0.4) is 0 Å². The third-order valence-corrected chi connectivity index (χ3v) is 5.81. The van der Waals surface area contributed by atoms with Crippen LogP contribution in [0.15, 0.2) is 60.7 Å². The Hall–Kier alpha value is -2.89. The molecule has 140 valence electrons. The number of anilines is 1. The van der Waals surface area contributed by atoms with Gasteiger partial charge in [-0.05, 0) is 48.9 Å². The molecule has 0 radical (unpaired) electrons. The van der Waals surface area contributed by atoms with E-state index in [-0.39, 0.29) is 5.91 Å². The first-order valence-electron chi connectivity index (χ1n) is 8.67. The minimum atomic E-state index is -0.238. The maximum Gasteiger partial charge on any atom is 0.259 e. The molecule has 0 aliphatic heterocycles. The summed E-state index contributed by atoms with van der Waals surface area (Å²) in [5.41, 5.74) is 3.75. The number of halogens is 1. The minimum Gasteiger partial charge on any atom is -0.496 e. The highest BCUT2D eigenvalue weighted by molar-refractivity contribution is 7.21. The van der Waals surface area contributed by atoms with Crippen LogP contribution < -0.4 is 10.1 Å². The molecule has 1 aromatic heterocycles. The van der Waals surface area contributed by atoms with E-state index in [1.165, 1.54) is 0 Å². The first kappa shape index (κ1) is 18.5. The molecule has 0 fully saturated rings. The van der Waals surface area contributed by atoms with Gasteiger partial charge in [-0.2, -0.15) is 0 Å². The number of hydrogen-bond acceptors (Lipinski definition) is 4. The van der Waals surface area contributed by atoms with Crippen LogP contribution in [0.25, 0.3) is 20.8 Å². The summed E-state index contributed by atoms with van der Waals surface area (Å²) >= 11 is 7.98. The van der Waals surface area contributed by atoms with Crippen molar-refractivity contribution in [2.24, 2.45) is 0 Å². The lowest BCUT2D eigenvalue weighted by Crippen LogP contribution is -2.13. The van der Waals surface area contributed by atoms with Gasteiger partial charge < -0.3 is 10.1 Å². The Morgan fingerprint density at radius 1 is 1.11 bits per heavy atom. The maximum atomic E-state index is 12.8. The number of methoxy groups -OCH3 is 1. The fraction of sp³-hybridized carbons (Fsp3) is 0.0909. The molecule has 0 aliphatic rings. The van der Waals surface area contributed by atoms with Gasteiger partial charge in [0.2, 0.25) is 0 Å². The lowest BCUT2D eigenvalue weighted by Gasteiger charge is -2.12. The van der Waals surface area contributed by atoms with E-state index in [0.29, 0.717) is 22.0 Å². The van der Waals surface area contributed by atoms with Crippen LogP contribution in [0.4, 0.5) is 5.69 Å². The van der Waals surface area contributed by atoms with Gasteiger partial charge in [0.1, 0.15) is 10.8 Å². The van der Waals surface area contributed by atoms with E-state index >= 15 is 0 Å². The van der Waals surface area contributed by atoms with Crippen LogP contribution in [0.1, 0.15) is 15.9 Å². The number of hydrogen-bond donors (Lipinski definition) is 1. The Morgan fingerprint density at radius 3 is 2.71 bits per heavy atom. The van der Waals surface area contributed by atoms with Crippen LogP contribution >= 0.6 is 22.9 Å². The molecule has 4 aromatic rings. The third kappa shape index (κ3) is 3.46. The maximum absolute atomic E-state index is 12.8. The zero-order chi connectivity index (χ0) is 19.7. The summed E-state index contributed by atoms with van der Waals surface area (Å²) in [5, 5.41) is 4.33. The van der Waals surface area contributed by atoms with Crippen molar-refractivity contribution in [3.63, 3.8) is 0 Å². The van der Waals surface area contributed by atoms with Gasteiger partial charge in [0.05, 0.1) is 27.9 Å². The molecule has 0 spiro atoms. The zero-order valence-corrected chi connectivity index (χ0v) is 16.9. The predicted molar refractivity (Wildman–Crippen MR) is 116 cm³/mol. The fourth-order valence-electron chi connectivity index (χ4n) is 3.05. The monoisotopic (exact) mass is 408 g/mol. The van der Waals surface area contributed by atoms with Crippen LogP contribution in [0.2, 0.25) is 5.02 Å². The fourth-order valence-corrected chi connectivity index (χ4v) is 4.31. The number of nitrogens with zero attached hydrogens (tertiary/aromatic N) is 1. The first-order valence-corrected chi connectivity index (χ1v) is 9.86. The number of carbonyl (C=O) groups excluding carboxylic acids is 1. The second kappa shape index (κ2) is 7.62. The van der Waals surface area contributed by atoms with E-state index in [4.69, 9.17) is 16.3 Å². The molecule has 1 amide bonds. The molecule has 0 aliphatic carbocycles. The van der Waals surface area contributed by atoms with Crippen molar-refractivity contribution in [1.82, 2.24) is 4.98 Å². The highest BCUT2D eigenvalue weighted by atomic mass is 35.5. The van der Waals surface area contributed by atoms with Crippen molar-refractivity contribution in [2.45, 2.75) is 6.92 Å². The summed E-state index contributed by atoms with van der Waals surface area (Å²) in [6.45, 7) is 1.91. The number of carbonyl (C=O) groups is 1. The van der Waals surface area contributed by atoms with E-state index in [1.54, 1.807) is 36.6 Å². The van der Waals surface area contributed by atoms with Gasteiger partial charge in [-0.3, -0.25) is 4.79 Å². The third-order valence-electron chi connectivity index (χ3n) is 4.41.